The van der Waals surface area contributed by atoms with Crippen molar-refractivity contribution in [2.24, 2.45) is 0 Å². The molecule has 5 heteroatoms. The smallest absolute Gasteiger partial charge is 0.410 e. The number of benzene rings is 1. The molecule has 120 valence electrons. The molecule has 2 rings (SSSR count). The minimum atomic E-state index is -0.415. The van der Waals surface area contributed by atoms with Gasteiger partial charge in [0.15, 0.2) is 0 Å². The zero-order valence-corrected chi connectivity index (χ0v) is 13.3. The van der Waals surface area contributed by atoms with Gasteiger partial charge in [-0.15, -0.1) is 0 Å². The molecule has 0 saturated carbocycles. The fourth-order valence-corrected chi connectivity index (χ4v) is 2.77. The predicted molar refractivity (Wildman–Crippen MR) is 84.3 cm³/mol. The topological polar surface area (TPSA) is 49.9 Å². The number of rotatable bonds is 5. The number of hydrogen-bond acceptors (Lipinski definition) is 3. The maximum absolute atomic E-state index is 12.2. The van der Waals surface area contributed by atoms with Crippen LogP contribution in [0.15, 0.2) is 30.3 Å². The lowest BCUT2D eigenvalue weighted by Gasteiger charge is -2.38. The summed E-state index contributed by atoms with van der Waals surface area (Å²) in [4.78, 5) is 27.7. The van der Waals surface area contributed by atoms with E-state index in [9.17, 15) is 9.59 Å². The fourth-order valence-electron chi connectivity index (χ4n) is 2.77. The molecular weight excluding hydrogens is 280 g/mol. The molecule has 0 radical (unpaired) electrons. The second-order valence-corrected chi connectivity index (χ2v) is 5.52. The molecule has 1 aliphatic heterocycles. The normalized spacial score (nSPS) is 15.3. The monoisotopic (exact) mass is 304 g/mol. The van der Waals surface area contributed by atoms with Crippen molar-refractivity contribution in [2.45, 2.75) is 39.3 Å². The van der Waals surface area contributed by atoms with E-state index in [1.54, 1.807) is 0 Å². The summed E-state index contributed by atoms with van der Waals surface area (Å²) in [6.45, 7) is 5.65. The highest BCUT2D eigenvalue weighted by atomic mass is 16.6. The average Bonchev–Trinajstić information content (AvgIpc) is 2.56. The Hall–Kier alpha value is -2.04. The molecule has 0 spiro atoms. The van der Waals surface area contributed by atoms with Gasteiger partial charge in [-0.1, -0.05) is 44.2 Å². The average molecular weight is 304 g/mol. The second kappa shape index (κ2) is 7.82. The summed E-state index contributed by atoms with van der Waals surface area (Å²) in [6.07, 6.45) is 1.47. The summed E-state index contributed by atoms with van der Waals surface area (Å²) in [6, 6.07) is 9.81. The fraction of sp³-hybridized carbons (Fsp3) is 0.529. The zero-order valence-electron chi connectivity index (χ0n) is 13.3. The van der Waals surface area contributed by atoms with Crippen LogP contribution in [0, 0.1) is 0 Å². The molecule has 1 aromatic rings. The standard InChI is InChI=1S/C17H24N2O3/c1-3-15(4-2)19-11-10-18(12-16(19)20)17(21)22-13-14-8-6-5-7-9-14/h5-9,15H,3-4,10-13H2,1-2H3. The van der Waals surface area contributed by atoms with E-state index in [1.165, 1.54) is 4.90 Å². The van der Waals surface area contributed by atoms with Gasteiger partial charge in [0, 0.05) is 19.1 Å². The van der Waals surface area contributed by atoms with Crippen LogP contribution < -0.4 is 0 Å². The molecule has 1 aliphatic rings. The third-order valence-corrected chi connectivity index (χ3v) is 4.10. The van der Waals surface area contributed by atoms with Crippen LogP contribution in [0.4, 0.5) is 4.79 Å². The van der Waals surface area contributed by atoms with Gasteiger partial charge in [0.2, 0.25) is 5.91 Å². The number of ether oxygens (including phenoxy) is 1. The van der Waals surface area contributed by atoms with Crippen molar-refractivity contribution in [3.05, 3.63) is 35.9 Å². The first-order chi connectivity index (χ1) is 10.7. The third-order valence-electron chi connectivity index (χ3n) is 4.10. The van der Waals surface area contributed by atoms with Crippen LogP contribution in [-0.4, -0.2) is 47.5 Å². The van der Waals surface area contributed by atoms with Gasteiger partial charge in [0.05, 0.1) is 0 Å². The quantitative estimate of drug-likeness (QED) is 0.840. The molecule has 1 saturated heterocycles. The van der Waals surface area contributed by atoms with E-state index in [2.05, 4.69) is 13.8 Å². The highest BCUT2D eigenvalue weighted by molar-refractivity contribution is 5.83. The van der Waals surface area contributed by atoms with Crippen molar-refractivity contribution in [3.8, 4) is 0 Å². The van der Waals surface area contributed by atoms with E-state index in [0.29, 0.717) is 13.1 Å². The highest BCUT2D eigenvalue weighted by Crippen LogP contribution is 2.14. The number of nitrogens with zero attached hydrogens (tertiary/aromatic N) is 2. The van der Waals surface area contributed by atoms with Gasteiger partial charge in [-0.05, 0) is 18.4 Å². The van der Waals surface area contributed by atoms with E-state index in [4.69, 9.17) is 4.74 Å². The molecule has 2 amide bonds. The summed E-state index contributed by atoms with van der Waals surface area (Å²) in [5.74, 6) is 0.0108. The predicted octanol–water partition coefficient (Wildman–Crippen LogP) is 2.66. The van der Waals surface area contributed by atoms with Crippen molar-refractivity contribution < 1.29 is 14.3 Å². The minimum absolute atomic E-state index is 0.0108. The van der Waals surface area contributed by atoms with Gasteiger partial charge in [0.1, 0.15) is 13.2 Å². The summed E-state index contributed by atoms with van der Waals surface area (Å²) >= 11 is 0. The molecule has 0 aromatic heterocycles. The summed E-state index contributed by atoms with van der Waals surface area (Å²) < 4.78 is 5.28. The molecule has 0 unspecified atom stereocenters. The number of amides is 2. The van der Waals surface area contributed by atoms with Gasteiger partial charge in [-0.3, -0.25) is 9.69 Å². The van der Waals surface area contributed by atoms with Gasteiger partial charge in [0.25, 0.3) is 0 Å². The largest absolute Gasteiger partial charge is 0.445 e. The van der Waals surface area contributed by atoms with Crippen molar-refractivity contribution in [2.75, 3.05) is 19.6 Å². The highest BCUT2D eigenvalue weighted by Gasteiger charge is 2.30. The van der Waals surface area contributed by atoms with Crippen LogP contribution in [0.2, 0.25) is 0 Å². The first-order valence-corrected chi connectivity index (χ1v) is 7.90. The first kappa shape index (κ1) is 16.3. The molecule has 0 bridgehead atoms. The van der Waals surface area contributed by atoms with Crippen LogP contribution in [0.3, 0.4) is 0 Å². The van der Waals surface area contributed by atoms with E-state index in [0.717, 1.165) is 18.4 Å². The number of carbonyl (C=O) groups is 2. The molecule has 1 fully saturated rings. The van der Waals surface area contributed by atoms with Gasteiger partial charge < -0.3 is 9.64 Å². The lowest BCUT2D eigenvalue weighted by molar-refractivity contribution is -0.138. The molecular formula is C17H24N2O3. The third kappa shape index (κ3) is 4.00. The Kier molecular flexibility index (Phi) is 5.81. The zero-order chi connectivity index (χ0) is 15.9. The minimum Gasteiger partial charge on any atom is -0.445 e. The Balaban J connectivity index is 1.84. The SMILES string of the molecule is CCC(CC)N1CCN(C(=O)OCc2ccccc2)CC1=O. The Morgan fingerprint density at radius 3 is 2.45 bits per heavy atom. The van der Waals surface area contributed by atoms with Crippen LogP contribution in [0.25, 0.3) is 0 Å². The van der Waals surface area contributed by atoms with Crippen LogP contribution in [0.1, 0.15) is 32.3 Å². The molecule has 5 nitrogen and oxygen atoms in total. The van der Waals surface area contributed by atoms with Crippen molar-refractivity contribution >= 4 is 12.0 Å². The van der Waals surface area contributed by atoms with Crippen molar-refractivity contribution in [1.82, 2.24) is 9.80 Å². The lowest BCUT2D eigenvalue weighted by atomic mass is 10.1. The second-order valence-electron chi connectivity index (χ2n) is 5.52. The summed E-state index contributed by atoms with van der Waals surface area (Å²) in [5, 5.41) is 0. The molecule has 0 aliphatic carbocycles. The van der Waals surface area contributed by atoms with Crippen molar-refractivity contribution in [3.63, 3.8) is 0 Å². The van der Waals surface area contributed by atoms with Crippen LogP contribution in [0.5, 0.6) is 0 Å². The molecule has 0 N–H and O–H groups in total. The molecule has 0 atom stereocenters. The molecule has 1 aromatic carbocycles. The van der Waals surface area contributed by atoms with Gasteiger partial charge in [-0.25, -0.2) is 4.79 Å². The first-order valence-electron chi connectivity index (χ1n) is 7.90. The number of carbonyl (C=O) groups excluding carboxylic acids is 2. The molecule has 1 heterocycles. The Bertz CT molecular complexity index is 500. The number of piperazine rings is 1. The van der Waals surface area contributed by atoms with Gasteiger partial charge in [-0.2, -0.15) is 0 Å². The summed E-state index contributed by atoms with van der Waals surface area (Å²) in [7, 11) is 0. The Morgan fingerprint density at radius 1 is 1.18 bits per heavy atom. The maximum Gasteiger partial charge on any atom is 0.410 e. The van der Waals surface area contributed by atoms with E-state index >= 15 is 0 Å². The van der Waals surface area contributed by atoms with E-state index < -0.39 is 6.09 Å². The summed E-state index contributed by atoms with van der Waals surface area (Å²) in [5.41, 5.74) is 0.942. The van der Waals surface area contributed by atoms with E-state index in [1.807, 2.05) is 35.2 Å². The van der Waals surface area contributed by atoms with Gasteiger partial charge >= 0.3 is 6.09 Å². The Morgan fingerprint density at radius 2 is 1.86 bits per heavy atom. The van der Waals surface area contributed by atoms with Crippen LogP contribution in [-0.2, 0) is 16.1 Å². The lowest BCUT2D eigenvalue weighted by Crippen LogP contribution is -2.55. The molecule has 22 heavy (non-hydrogen) atoms. The van der Waals surface area contributed by atoms with Crippen LogP contribution >= 0.6 is 0 Å². The number of hydrogen-bond donors (Lipinski definition) is 0. The van der Waals surface area contributed by atoms with E-state index in [-0.39, 0.29) is 25.1 Å². The maximum atomic E-state index is 12.2. The van der Waals surface area contributed by atoms with Crippen molar-refractivity contribution in [1.29, 1.82) is 0 Å². The Labute approximate surface area is 131 Å².